The van der Waals surface area contributed by atoms with Gasteiger partial charge in [-0.15, -0.1) is 0 Å². The summed E-state index contributed by atoms with van der Waals surface area (Å²) in [4.78, 5) is 11.6. The van der Waals surface area contributed by atoms with Gasteiger partial charge in [0.2, 0.25) is 0 Å². The fourth-order valence-corrected chi connectivity index (χ4v) is 4.72. The maximum Gasteiger partial charge on any atom is 0.322 e. The number of carbonyl (C=O) groups excluding carboxylic acids is 1. The van der Waals surface area contributed by atoms with Crippen LogP contribution in [-0.4, -0.2) is 25.7 Å². The standard InChI is InChI=1S/C14H23NO2/c1-12(2)13(5-4-6-13)8-14(12)7-10(15-9-14)11(16)17-3/h10,15H,4-9H2,1-3H3/t10-,14+/m0/s1. The van der Waals surface area contributed by atoms with E-state index in [2.05, 4.69) is 19.2 Å². The van der Waals surface area contributed by atoms with Gasteiger partial charge in [0, 0.05) is 6.54 Å². The van der Waals surface area contributed by atoms with E-state index in [1.807, 2.05) is 0 Å². The average Bonchev–Trinajstić information content (AvgIpc) is 2.69. The number of hydrogen-bond donors (Lipinski definition) is 1. The lowest BCUT2D eigenvalue weighted by atomic mass is 9.32. The third-order valence-corrected chi connectivity index (χ3v) is 6.41. The van der Waals surface area contributed by atoms with Gasteiger partial charge in [-0.1, -0.05) is 20.3 Å². The molecule has 0 radical (unpaired) electrons. The van der Waals surface area contributed by atoms with Gasteiger partial charge >= 0.3 is 5.97 Å². The molecular formula is C14H23NO2. The fraction of sp³-hybridized carbons (Fsp3) is 0.929. The molecule has 1 N–H and O–H groups in total. The zero-order valence-corrected chi connectivity index (χ0v) is 11.1. The van der Waals surface area contributed by atoms with Gasteiger partial charge in [0.05, 0.1) is 7.11 Å². The lowest BCUT2D eigenvalue weighted by molar-refractivity contribution is -0.229. The molecule has 3 aliphatic rings. The van der Waals surface area contributed by atoms with E-state index in [1.165, 1.54) is 32.8 Å². The summed E-state index contributed by atoms with van der Waals surface area (Å²) < 4.78 is 4.86. The van der Waals surface area contributed by atoms with Crippen LogP contribution in [0.15, 0.2) is 0 Å². The van der Waals surface area contributed by atoms with E-state index < -0.39 is 0 Å². The van der Waals surface area contributed by atoms with E-state index in [4.69, 9.17) is 4.74 Å². The maximum atomic E-state index is 11.6. The van der Waals surface area contributed by atoms with Crippen molar-refractivity contribution in [3.8, 4) is 0 Å². The molecule has 3 nitrogen and oxygen atoms in total. The van der Waals surface area contributed by atoms with Gasteiger partial charge in [0.1, 0.15) is 6.04 Å². The van der Waals surface area contributed by atoms with E-state index in [0.717, 1.165) is 13.0 Å². The van der Waals surface area contributed by atoms with Crippen LogP contribution in [0, 0.1) is 16.2 Å². The van der Waals surface area contributed by atoms with Gasteiger partial charge in [0.25, 0.3) is 0 Å². The molecule has 0 aromatic heterocycles. The second kappa shape index (κ2) is 3.25. The summed E-state index contributed by atoms with van der Waals surface area (Å²) in [5, 5.41) is 3.37. The lowest BCUT2D eigenvalue weighted by Gasteiger charge is -2.72. The summed E-state index contributed by atoms with van der Waals surface area (Å²) in [5.41, 5.74) is 1.32. The SMILES string of the molecule is COC(=O)[C@@H]1C[C@]2(CN1)CC1(CCC1)C2(C)C. The van der Waals surface area contributed by atoms with Crippen LogP contribution in [0.2, 0.25) is 0 Å². The van der Waals surface area contributed by atoms with Crippen molar-refractivity contribution in [2.45, 2.75) is 52.0 Å². The van der Waals surface area contributed by atoms with E-state index in [9.17, 15) is 4.79 Å². The molecule has 1 aliphatic heterocycles. The van der Waals surface area contributed by atoms with Crippen LogP contribution in [0.5, 0.6) is 0 Å². The first-order valence-corrected chi connectivity index (χ1v) is 6.78. The molecule has 2 aliphatic carbocycles. The fourth-order valence-electron chi connectivity index (χ4n) is 4.72. The Kier molecular flexibility index (Phi) is 2.20. The van der Waals surface area contributed by atoms with E-state index >= 15 is 0 Å². The van der Waals surface area contributed by atoms with Crippen LogP contribution in [0.4, 0.5) is 0 Å². The summed E-state index contributed by atoms with van der Waals surface area (Å²) in [5.74, 6) is -0.0905. The molecule has 0 unspecified atom stereocenters. The Labute approximate surface area is 103 Å². The quantitative estimate of drug-likeness (QED) is 0.710. The highest BCUT2D eigenvalue weighted by molar-refractivity contribution is 5.76. The van der Waals surface area contributed by atoms with E-state index in [0.29, 0.717) is 16.2 Å². The number of methoxy groups -OCH3 is 1. The molecule has 0 bridgehead atoms. The number of nitrogens with one attached hydrogen (secondary N) is 1. The van der Waals surface area contributed by atoms with Gasteiger partial charge in [-0.05, 0) is 41.9 Å². The molecule has 96 valence electrons. The van der Waals surface area contributed by atoms with E-state index in [-0.39, 0.29) is 12.0 Å². The summed E-state index contributed by atoms with van der Waals surface area (Å²) in [6.07, 6.45) is 6.46. The summed E-state index contributed by atoms with van der Waals surface area (Å²) in [7, 11) is 1.48. The zero-order chi connectivity index (χ0) is 12.3. The minimum Gasteiger partial charge on any atom is -0.468 e. The molecule has 2 atom stereocenters. The van der Waals surface area contributed by atoms with Crippen molar-refractivity contribution in [2.24, 2.45) is 16.2 Å². The van der Waals surface area contributed by atoms with Gasteiger partial charge in [-0.25, -0.2) is 0 Å². The third kappa shape index (κ3) is 1.19. The molecule has 1 saturated heterocycles. The largest absolute Gasteiger partial charge is 0.468 e. The van der Waals surface area contributed by atoms with Crippen molar-refractivity contribution in [3.05, 3.63) is 0 Å². The number of esters is 1. The number of rotatable bonds is 1. The lowest BCUT2D eigenvalue weighted by Crippen LogP contribution is -2.66. The Morgan fingerprint density at radius 3 is 2.47 bits per heavy atom. The zero-order valence-electron chi connectivity index (χ0n) is 11.1. The number of ether oxygens (including phenoxy) is 1. The molecule has 3 heteroatoms. The molecular weight excluding hydrogens is 214 g/mol. The van der Waals surface area contributed by atoms with Crippen molar-refractivity contribution < 1.29 is 9.53 Å². The second-order valence-corrected chi connectivity index (χ2v) is 6.88. The highest BCUT2D eigenvalue weighted by Gasteiger charge is 2.71. The van der Waals surface area contributed by atoms with Crippen molar-refractivity contribution in [1.82, 2.24) is 5.32 Å². The Bertz CT molecular complexity index is 359. The van der Waals surface area contributed by atoms with Crippen molar-refractivity contribution in [3.63, 3.8) is 0 Å². The second-order valence-electron chi connectivity index (χ2n) is 6.88. The van der Waals surface area contributed by atoms with Crippen LogP contribution in [0.25, 0.3) is 0 Å². The average molecular weight is 237 g/mol. The minimum absolute atomic E-state index is 0.0725. The first-order chi connectivity index (χ1) is 7.96. The van der Waals surface area contributed by atoms with Crippen molar-refractivity contribution in [2.75, 3.05) is 13.7 Å². The normalized spacial score (nSPS) is 41.0. The highest BCUT2D eigenvalue weighted by atomic mass is 16.5. The Hall–Kier alpha value is -0.570. The monoisotopic (exact) mass is 237 g/mol. The smallest absolute Gasteiger partial charge is 0.322 e. The van der Waals surface area contributed by atoms with E-state index in [1.54, 1.807) is 0 Å². The van der Waals surface area contributed by atoms with Gasteiger partial charge in [-0.2, -0.15) is 0 Å². The first kappa shape index (κ1) is 11.5. The molecule has 2 saturated carbocycles. The molecule has 17 heavy (non-hydrogen) atoms. The van der Waals surface area contributed by atoms with Crippen molar-refractivity contribution in [1.29, 1.82) is 0 Å². The first-order valence-electron chi connectivity index (χ1n) is 6.78. The van der Waals surface area contributed by atoms with Crippen LogP contribution in [0.3, 0.4) is 0 Å². The Morgan fingerprint density at radius 2 is 2.00 bits per heavy atom. The Morgan fingerprint density at radius 1 is 1.29 bits per heavy atom. The Balaban J connectivity index is 1.76. The minimum atomic E-state index is -0.0905. The van der Waals surface area contributed by atoms with Crippen LogP contribution >= 0.6 is 0 Å². The summed E-state index contributed by atoms with van der Waals surface area (Å²) >= 11 is 0. The maximum absolute atomic E-state index is 11.6. The summed E-state index contributed by atoms with van der Waals surface area (Å²) in [6.45, 7) is 5.81. The molecule has 0 amide bonds. The third-order valence-electron chi connectivity index (χ3n) is 6.41. The van der Waals surface area contributed by atoms with Gasteiger partial charge < -0.3 is 10.1 Å². The van der Waals surface area contributed by atoms with Gasteiger partial charge in [-0.3, -0.25) is 4.79 Å². The highest BCUT2D eigenvalue weighted by Crippen LogP contribution is 2.77. The number of hydrogen-bond acceptors (Lipinski definition) is 3. The topological polar surface area (TPSA) is 38.3 Å². The predicted molar refractivity (Wildman–Crippen MR) is 65.5 cm³/mol. The predicted octanol–water partition coefficient (Wildman–Crippen LogP) is 2.11. The molecule has 0 aromatic rings. The molecule has 1 heterocycles. The summed E-state index contributed by atoms with van der Waals surface area (Å²) in [6, 6.07) is -0.0725. The molecule has 3 rings (SSSR count). The van der Waals surface area contributed by atoms with Crippen LogP contribution in [-0.2, 0) is 9.53 Å². The van der Waals surface area contributed by atoms with Crippen molar-refractivity contribution >= 4 is 5.97 Å². The molecule has 2 spiro atoms. The molecule has 3 fully saturated rings. The van der Waals surface area contributed by atoms with Crippen LogP contribution < -0.4 is 5.32 Å². The number of carbonyl (C=O) groups is 1. The van der Waals surface area contributed by atoms with Gasteiger partial charge in [0.15, 0.2) is 0 Å². The molecule has 0 aromatic carbocycles. The van der Waals surface area contributed by atoms with Crippen LogP contribution in [0.1, 0.15) is 46.0 Å².